The van der Waals surface area contributed by atoms with Crippen LogP contribution in [0.3, 0.4) is 0 Å². The van der Waals surface area contributed by atoms with Crippen LogP contribution in [0.15, 0.2) is 200 Å². The first-order chi connectivity index (χ1) is 27.8. The monoisotopic (exact) mass is 715 g/mol. The summed E-state index contributed by atoms with van der Waals surface area (Å²) >= 11 is 0. The maximum Gasteiger partial charge on any atom is 0.164 e. The lowest BCUT2D eigenvalue weighted by Crippen LogP contribution is -2.28. The maximum absolute atomic E-state index is 5.29. The van der Waals surface area contributed by atoms with Crippen molar-refractivity contribution in [1.29, 1.82) is 0 Å². The molecule has 1 aliphatic carbocycles. The lowest BCUT2D eigenvalue weighted by atomic mass is 9.67. The third-order valence-corrected chi connectivity index (χ3v) is 11.2. The number of hydrogen-bond donors (Lipinski definition) is 0. The maximum atomic E-state index is 5.29. The Kier molecular flexibility index (Phi) is 7.32. The number of benzene rings is 7. The summed E-state index contributed by atoms with van der Waals surface area (Å²) in [6, 6.07) is 68.4. The van der Waals surface area contributed by atoms with Gasteiger partial charge in [0.05, 0.1) is 10.9 Å². The molecule has 1 aliphatic rings. The topological polar surface area (TPSA) is 56.5 Å². The Morgan fingerprint density at radius 2 is 0.946 bits per heavy atom. The lowest BCUT2D eigenvalue weighted by Gasteiger charge is -2.33. The molecule has 0 amide bonds. The van der Waals surface area contributed by atoms with E-state index in [-0.39, 0.29) is 0 Å². The van der Waals surface area contributed by atoms with Gasteiger partial charge in [0, 0.05) is 39.3 Å². The van der Waals surface area contributed by atoms with Crippen molar-refractivity contribution in [1.82, 2.24) is 24.5 Å². The second-order valence-corrected chi connectivity index (χ2v) is 14.2. The van der Waals surface area contributed by atoms with Gasteiger partial charge in [0.2, 0.25) is 0 Å². The van der Waals surface area contributed by atoms with Crippen molar-refractivity contribution in [2.24, 2.45) is 0 Å². The molecule has 3 heterocycles. The molecule has 0 N–H and O–H groups in total. The summed E-state index contributed by atoms with van der Waals surface area (Å²) < 4.78 is 2.22. The number of nitrogens with zero attached hydrogens (tertiary/aromatic N) is 5. The van der Waals surface area contributed by atoms with Gasteiger partial charge in [-0.25, -0.2) is 19.9 Å². The van der Waals surface area contributed by atoms with Crippen molar-refractivity contribution < 1.29 is 0 Å². The number of pyridine rings is 1. The first-order valence-corrected chi connectivity index (χ1v) is 18.9. The summed E-state index contributed by atoms with van der Waals surface area (Å²) in [5.41, 5.74) is 12.5. The molecule has 0 radical (unpaired) electrons. The molecule has 0 bridgehead atoms. The number of hydrogen-bond acceptors (Lipinski definition) is 4. The van der Waals surface area contributed by atoms with Crippen LogP contribution in [-0.2, 0) is 5.41 Å². The van der Waals surface area contributed by atoms with Crippen LogP contribution >= 0.6 is 0 Å². The summed E-state index contributed by atoms with van der Waals surface area (Å²) in [7, 11) is 0. The minimum Gasteiger partial charge on any atom is -0.294 e. The molecule has 0 atom stereocenters. The van der Waals surface area contributed by atoms with Gasteiger partial charge in [0.1, 0.15) is 5.65 Å². The molecule has 0 fully saturated rings. The molecule has 3 aromatic heterocycles. The molecule has 7 aromatic carbocycles. The smallest absolute Gasteiger partial charge is 0.164 e. The molecular formula is C51H33N5. The van der Waals surface area contributed by atoms with Crippen LogP contribution in [-0.4, -0.2) is 24.5 Å². The van der Waals surface area contributed by atoms with Crippen molar-refractivity contribution in [3.05, 3.63) is 223 Å². The third kappa shape index (κ3) is 4.81. The first-order valence-electron chi connectivity index (χ1n) is 18.9. The highest BCUT2D eigenvalue weighted by atomic mass is 15.1. The molecule has 0 saturated heterocycles. The Morgan fingerprint density at radius 3 is 1.68 bits per heavy atom. The molecule has 262 valence electrons. The zero-order valence-corrected chi connectivity index (χ0v) is 30.3. The quantitative estimate of drug-likeness (QED) is 0.172. The number of para-hydroxylation sites is 1. The van der Waals surface area contributed by atoms with Gasteiger partial charge in [-0.3, -0.25) is 4.57 Å². The van der Waals surface area contributed by atoms with Gasteiger partial charge < -0.3 is 0 Å². The molecule has 0 aliphatic heterocycles. The van der Waals surface area contributed by atoms with E-state index in [1.807, 2.05) is 30.5 Å². The largest absolute Gasteiger partial charge is 0.294 e. The van der Waals surface area contributed by atoms with E-state index in [9.17, 15) is 0 Å². The zero-order chi connectivity index (χ0) is 37.1. The van der Waals surface area contributed by atoms with Crippen molar-refractivity contribution in [2.45, 2.75) is 5.41 Å². The van der Waals surface area contributed by atoms with Gasteiger partial charge in [-0.15, -0.1) is 0 Å². The van der Waals surface area contributed by atoms with Crippen LogP contribution < -0.4 is 0 Å². The summed E-state index contributed by atoms with van der Waals surface area (Å²) in [6.07, 6.45) is 1.85. The number of aromatic nitrogens is 5. The van der Waals surface area contributed by atoms with E-state index in [0.29, 0.717) is 17.5 Å². The Morgan fingerprint density at radius 1 is 0.393 bits per heavy atom. The van der Waals surface area contributed by atoms with Crippen molar-refractivity contribution in [3.8, 4) is 51.0 Å². The Labute approximate surface area is 324 Å². The molecule has 0 saturated carbocycles. The summed E-state index contributed by atoms with van der Waals surface area (Å²) in [5.74, 6) is 1.87. The van der Waals surface area contributed by atoms with E-state index in [0.717, 1.165) is 44.5 Å². The minimum absolute atomic E-state index is 0.528. The predicted molar refractivity (Wildman–Crippen MR) is 226 cm³/mol. The molecule has 5 nitrogen and oxygen atoms in total. The van der Waals surface area contributed by atoms with E-state index >= 15 is 0 Å². The summed E-state index contributed by atoms with van der Waals surface area (Å²) in [4.78, 5) is 20.4. The van der Waals surface area contributed by atoms with Gasteiger partial charge in [-0.2, -0.15) is 0 Å². The highest BCUT2D eigenvalue weighted by Crippen LogP contribution is 2.58. The van der Waals surface area contributed by atoms with Gasteiger partial charge >= 0.3 is 0 Å². The second-order valence-electron chi connectivity index (χ2n) is 14.2. The van der Waals surface area contributed by atoms with Gasteiger partial charge in [0.15, 0.2) is 17.5 Å². The highest BCUT2D eigenvalue weighted by Gasteiger charge is 2.47. The Bertz CT molecular complexity index is 2970. The van der Waals surface area contributed by atoms with E-state index in [1.54, 1.807) is 0 Å². The van der Waals surface area contributed by atoms with Crippen molar-refractivity contribution in [3.63, 3.8) is 0 Å². The average molecular weight is 716 g/mol. The fraction of sp³-hybridized carbons (Fsp3) is 0.0196. The third-order valence-electron chi connectivity index (χ3n) is 11.2. The molecular weight excluding hydrogens is 683 g/mol. The van der Waals surface area contributed by atoms with Crippen LogP contribution in [0.1, 0.15) is 22.3 Å². The minimum atomic E-state index is -0.528. The van der Waals surface area contributed by atoms with Crippen LogP contribution in [0.5, 0.6) is 0 Å². The number of fused-ring (bicyclic) bond motifs is 6. The van der Waals surface area contributed by atoms with Crippen LogP contribution in [0.4, 0.5) is 0 Å². The van der Waals surface area contributed by atoms with Crippen molar-refractivity contribution in [2.75, 3.05) is 0 Å². The molecule has 5 heteroatoms. The van der Waals surface area contributed by atoms with E-state index in [2.05, 4.69) is 174 Å². The van der Waals surface area contributed by atoms with Crippen molar-refractivity contribution >= 4 is 21.9 Å². The first kappa shape index (κ1) is 32.0. The average Bonchev–Trinajstić information content (AvgIpc) is 3.78. The molecule has 0 spiro atoms. The van der Waals surface area contributed by atoms with Crippen LogP contribution in [0.25, 0.3) is 72.9 Å². The van der Waals surface area contributed by atoms with Crippen LogP contribution in [0, 0.1) is 0 Å². The molecule has 11 rings (SSSR count). The second kappa shape index (κ2) is 12.8. The zero-order valence-electron chi connectivity index (χ0n) is 30.3. The standard InChI is InChI=1S/C51H33N5/c1-4-16-34(17-5-1)47-53-48(35-29-31-38(32-30-35)56-45-28-13-11-22-39(45)40-25-15-33-52-50(40)56)55-49(54-47)42-24-14-27-44-46(42)41-23-10-12-26-43(41)51(44,36-18-6-2-7-19-36)37-20-8-3-9-21-37/h1-33H. The number of rotatable bonds is 6. The van der Waals surface area contributed by atoms with Gasteiger partial charge in [0.25, 0.3) is 0 Å². The van der Waals surface area contributed by atoms with E-state index < -0.39 is 5.41 Å². The van der Waals surface area contributed by atoms with Crippen LogP contribution in [0.2, 0.25) is 0 Å². The molecule has 0 unspecified atom stereocenters. The molecule has 10 aromatic rings. The highest BCUT2D eigenvalue weighted by molar-refractivity contribution is 6.07. The van der Waals surface area contributed by atoms with Gasteiger partial charge in [-0.1, -0.05) is 152 Å². The van der Waals surface area contributed by atoms with E-state index in [4.69, 9.17) is 19.9 Å². The van der Waals surface area contributed by atoms with Gasteiger partial charge in [-0.05, 0) is 75.8 Å². The Hall–Kier alpha value is -7.50. The molecule has 56 heavy (non-hydrogen) atoms. The predicted octanol–water partition coefficient (Wildman–Crippen LogP) is 11.7. The normalized spacial score (nSPS) is 12.8. The Balaban J connectivity index is 1.12. The fourth-order valence-electron chi connectivity index (χ4n) is 8.84. The SMILES string of the molecule is c1ccc(-c2nc(-c3ccc(-n4c5ccccc5c5cccnc54)cc3)nc(-c3cccc4c3-c3ccccc3C4(c3ccccc3)c3ccccc3)n2)cc1. The lowest BCUT2D eigenvalue weighted by molar-refractivity contribution is 0.768. The van der Waals surface area contributed by atoms with E-state index in [1.165, 1.54) is 33.2 Å². The summed E-state index contributed by atoms with van der Waals surface area (Å²) in [6.45, 7) is 0. The summed E-state index contributed by atoms with van der Waals surface area (Å²) in [5, 5.41) is 2.30. The fourth-order valence-corrected chi connectivity index (χ4v) is 8.84.